The van der Waals surface area contributed by atoms with Crippen LogP contribution in [0.25, 0.3) is 25.1 Å². The molecular formula is C21H15F2O2S+. The number of benzene rings is 3. The summed E-state index contributed by atoms with van der Waals surface area (Å²) in [4.78, 5) is 12.9. The van der Waals surface area contributed by atoms with Crippen LogP contribution in [0.15, 0.2) is 72.8 Å². The van der Waals surface area contributed by atoms with Crippen molar-refractivity contribution in [1.82, 2.24) is 0 Å². The minimum absolute atomic E-state index is 0.245. The summed E-state index contributed by atoms with van der Waals surface area (Å²) in [5.74, 6) is -0.729. The summed E-state index contributed by atoms with van der Waals surface area (Å²) < 4.78 is 31.5. The van der Waals surface area contributed by atoms with Gasteiger partial charge in [-0.25, -0.2) is 13.6 Å². The van der Waals surface area contributed by atoms with Gasteiger partial charge in [-0.05, 0) is 48.5 Å². The lowest BCUT2D eigenvalue weighted by molar-refractivity contribution is 0.0160. The third-order valence-corrected chi connectivity index (χ3v) is 6.51. The first-order valence-electron chi connectivity index (χ1n) is 8.13. The van der Waals surface area contributed by atoms with Crippen molar-refractivity contribution in [3.05, 3.63) is 78.4 Å². The van der Waals surface area contributed by atoms with Crippen LogP contribution in [0.2, 0.25) is 0 Å². The van der Waals surface area contributed by atoms with Gasteiger partial charge in [0.1, 0.15) is 0 Å². The Morgan fingerprint density at radius 1 is 0.846 bits per heavy atom. The van der Waals surface area contributed by atoms with Gasteiger partial charge in [0, 0.05) is 21.2 Å². The summed E-state index contributed by atoms with van der Waals surface area (Å²) in [6.45, 7) is -0.883. The van der Waals surface area contributed by atoms with Crippen molar-refractivity contribution in [3.8, 4) is 4.90 Å². The van der Waals surface area contributed by atoms with Gasteiger partial charge in [-0.2, -0.15) is 0 Å². The molecular weight excluding hydrogens is 354 g/mol. The Balaban J connectivity index is 1.77. The largest absolute Gasteiger partial charge is 0.456 e. The predicted molar refractivity (Wildman–Crippen MR) is 102 cm³/mol. The third kappa shape index (κ3) is 2.95. The highest BCUT2D eigenvalue weighted by atomic mass is 32.2. The predicted octanol–water partition coefficient (Wildman–Crippen LogP) is 6.15. The molecule has 0 aliphatic carbocycles. The highest BCUT2D eigenvalue weighted by molar-refractivity contribution is 7.50. The van der Waals surface area contributed by atoms with Gasteiger partial charge in [0.05, 0.1) is 5.56 Å². The zero-order valence-electron chi connectivity index (χ0n) is 13.7. The highest BCUT2D eigenvalue weighted by Gasteiger charge is 2.23. The second-order valence-electron chi connectivity index (χ2n) is 5.81. The molecule has 0 aliphatic rings. The lowest BCUT2D eigenvalue weighted by atomic mass is 10.2. The maximum Gasteiger partial charge on any atom is 0.338 e. The van der Waals surface area contributed by atoms with Gasteiger partial charge in [-0.3, -0.25) is 0 Å². The number of carbonyl (C=O) groups excluding carboxylic acids is 1. The first-order valence-corrected chi connectivity index (χ1v) is 9.35. The van der Waals surface area contributed by atoms with E-state index in [9.17, 15) is 13.6 Å². The molecule has 1 heterocycles. The van der Waals surface area contributed by atoms with Crippen LogP contribution in [0.1, 0.15) is 10.4 Å². The molecule has 0 amide bonds. The van der Waals surface area contributed by atoms with Crippen molar-refractivity contribution in [2.24, 2.45) is 0 Å². The molecule has 4 rings (SSSR count). The van der Waals surface area contributed by atoms with Crippen molar-refractivity contribution in [3.63, 3.8) is 0 Å². The van der Waals surface area contributed by atoms with Gasteiger partial charge in [-0.1, -0.05) is 24.3 Å². The van der Waals surface area contributed by atoms with E-state index in [1.54, 1.807) is 12.1 Å². The van der Waals surface area contributed by atoms with Crippen LogP contribution in [-0.4, -0.2) is 19.0 Å². The van der Waals surface area contributed by atoms with E-state index in [1.165, 1.54) is 20.2 Å². The summed E-state index contributed by atoms with van der Waals surface area (Å²) in [6.07, 6.45) is -2.66. The molecule has 0 aliphatic heterocycles. The summed E-state index contributed by atoms with van der Waals surface area (Å²) in [6, 6.07) is 23.7. The second-order valence-corrected chi connectivity index (χ2v) is 7.78. The molecule has 0 spiro atoms. The number of ether oxygens (including phenoxy) is 1. The maximum atomic E-state index is 12.2. The summed E-state index contributed by atoms with van der Waals surface area (Å²) >= 11 is 0. The smallest absolute Gasteiger partial charge is 0.338 e. The molecule has 0 saturated carbocycles. The zero-order valence-corrected chi connectivity index (χ0v) is 14.5. The second kappa shape index (κ2) is 6.84. The number of alkyl halides is 2. The topological polar surface area (TPSA) is 26.3 Å². The molecule has 3 aromatic carbocycles. The van der Waals surface area contributed by atoms with E-state index in [-0.39, 0.29) is 16.0 Å². The van der Waals surface area contributed by atoms with Crippen molar-refractivity contribution in [2.45, 2.75) is 6.43 Å². The van der Waals surface area contributed by atoms with Crippen LogP contribution in [0.4, 0.5) is 8.78 Å². The first-order chi connectivity index (χ1) is 12.6. The van der Waals surface area contributed by atoms with E-state index in [4.69, 9.17) is 0 Å². The number of hydrogen-bond acceptors (Lipinski definition) is 2. The Hall–Kier alpha value is -2.79. The van der Waals surface area contributed by atoms with E-state index in [2.05, 4.69) is 29.0 Å². The Kier molecular flexibility index (Phi) is 4.39. The monoisotopic (exact) mass is 369 g/mol. The minimum atomic E-state index is -2.66. The molecule has 4 aromatic rings. The number of carbonyl (C=O) groups is 1. The molecule has 0 atom stereocenters. The fourth-order valence-electron chi connectivity index (χ4n) is 3.06. The van der Waals surface area contributed by atoms with Crippen LogP contribution in [0.3, 0.4) is 0 Å². The molecule has 0 N–H and O–H groups in total. The minimum Gasteiger partial charge on any atom is -0.456 e. The van der Waals surface area contributed by atoms with E-state index >= 15 is 0 Å². The quantitative estimate of drug-likeness (QED) is 0.318. The lowest BCUT2D eigenvalue weighted by Gasteiger charge is -2.03. The van der Waals surface area contributed by atoms with E-state index in [0.29, 0.717) is 0 Å². The van der Waals surface area contributed by atoms with Crippen LogP contribution in [0.5, 0.6) is 0 Å². The molecule has 5 heteroatoms. The third-order valence-electron chi connectivity index (χ3n) is 4.17. The fraction of sp³-hybridized carbons (Fsp3) is 0.0952. The van der Waals surface area contributed by atoms with Crippen LogP contribution in [0, 0.1) is 0 Å². The van der Waals surface area contributed by atoms with Crippen molar-refractivity contribution < 1.29 is 18.3 Å². The van der Waals surface area contributed by atoms with Gasteiger partial charge >= 0.3 is 5.97 Å². The molecule has 2 nitrogen and oxygen atoms in total. The number of thiophene rings is 1. The Labute approximate surface area is 151 Å². The Morgan fingerprint density at radius 2 is 1.38 bits per heavy atom. The summed E-state index contributed by atoms with van der Waals surface area (Å²) in [5, 5.41) is 2.46. The van der Waals surface area contributed by atoms with Gasteiger partial charge in [0.2, 0.25) is 0 Å². The SMILES string of the molecule is O=C(OCC(F)F)c1ccc(-[s+]2c3ccccc3c3ccccc32)cc1. The fourth-order valence-corrected chi connectivity index (χ4v) is 5.43. The average molecular weight is 369 g/mol. The van der Waals surface area contributed by atoms with Crippen LogP contribution in [-0.2, 0) is 4.74 Å². The maximum absolute atomic E-state index is 12.2. The summed E-state index contributed by atoms with van der Waals surface area (Å²) in [7, 11) is -0.245. The number of fused-ring (bicyclic) bond motifs is 3. The number of hydrogen-bond donors (Lipinski definition) is 0. The number of esters is 1. The average Bonchev–Trinajstić information content (AvgIpc) is 3.01. The van der Waals surface area contributed by atoms with Crippen molar-refractivity contribution >= 4 is 36.6 Å². The van der Waals surface area contributed by atoms with E-state index < -0.39 is 19.0 Å². The highest BCUT2D eigenvalue weighted by Crippen LogP contribution is 2.48. The van der Waals surface area contributed by atoms with Crippen LogP contribution >= 0.6 is 10.5 Å². The summed E-state index contributed by atoms with van der Waals surface area (Å²) in [5.41, 5.74) is 0.277. The van der Waals surface area contributed by atoms with E-state index in [0.717, 1.165) is 4.90 Å². The van der Waals surface area contributed by atoms with Crippen LogP contribution < -0.4 is 0 Å². The molecule has 26 heavy (non-hydrogen) atoms. The molecule has 0 unspecified atom stereocenters. The zero-order chi connectivity index (χ0) is 18.1. The Morgan fingerprint density at radius 3 is 1.92 bits per heavy atom. The molecule has 0 saturated heterocycles. The van der Waals surface area contributed by atoms with Gasteiger partial charge < -0.3 is 4.74 Å². The van der Waals surface area contributed by atoms with E-state index in [1.807, 2.05) is 36.4 Å². The molecule has 0 fully saturated rings. The first kappa shape index (κ1) is 16.7. The molecule has 130 valence electrons. The standard InChI is InChI=1S/C21H15F2O2S/c22-20(23)13-25-21(24)14-9-11-15(12-10-14)26-18-7-3-1-5-16(18)17-6-2-4-8-19(17)26/h1-12,20H,13H2/q+1. The van der Waals surface area contributed by atoms with Crippen molar-refractivity contribution in [2.75, 3.05) is 6.61 Å². The molecule has 1 aromatic heterocycles. The van der Waals surface area contributed by atoms with Crippen molar-refractivity contribution in [1.29, 1.82) is 0 Å². The van der Waals surface area contributed by atoms with Gasteiger partial charge in [0.25, 0.3) is 6.43 Å². The van der Waals surface area contributed by atoms with Gasteiger partial charge in [0.15, 0.2) is 20.9 Å². The number of rotatable bonds is 4. The molecule has 0 bridgehead atoms. The number of halogens is 2. The Bertz CT molecular complexity index is 1030. The normalized spacial score (nSPS) is 11.3. The molecule has 0 radical (unpaired) electrons. The van der Waals surface area contributed by atoms with Gasteiger partial charge in [-0.15, -0.1) is 0 Å². The lowest BCUT2D eigenvalue weighted by Crippen LogP contribution is -2.11.